The molecule has 0 aliphatic carbocycles. The van der Waals surface area contributed by atoms with E-state index in [9.17, 15) is 9.59 Å². The van der Waals surface area contributed by atoms with E-state index in [0.717, 1.165) is 12.8 Å². The van der Waals surface area contributed by atoms with Crippen LogP contribution < -0.4 is 5.32 Å². The maximum absolute atomic E-state index is 12.0. The lowest BCUT2D eigenvalue weighted by Gasteiger charge is -2.14. The Morgan fingerprint density at radius 3 is 2.67 bits per heavy atom. The molecule has 1 aromatic heterocycles. The van der Waals surface area contributed by atoms with E-state index < -0.39 is 5.97 Å². The smallest absolute Gasteiger partial charge is 0.303 e. The SMILES string of the molecule is CCC(CCNC(=O)c1cc(C)nc(Cl)c1)CCC(=O)O. The molecule has 0 saturated carbocycles. The Balaban J connectivity index is 2.43. The van der Waals surface area contributed by atoms with E-state index in [2.05, 4.69) is 10.3 Å². The molecule has 0 aromatic carbocycles. The Morgan fingerprint density at radius 1 is 1.38 bits per heavy atom. The summed E-state index contributed by atoms with van der Waals surface area (Å²) in [4.78, 5) is 26.6. The molecule has 0 bridgehead atoms. The Kier molecular flexibility index (Phi) is 7.15. The molecule has 2 N–H and O–H groups in total. The van der Waals surface area contributed by atoms with Crippen LogP contribution in [0.5, 0.6) is 0 Å². The fourth-order valence-electron chi connectivity index (χ4n) is 2.13. The summed E-state index contributed by atoms with van der Waals surface area (Å²) in [6.07, 6.45) is 2.49. The number of carbonyl (C=O) groups is 2. The molecule has 0 fully saturated rings. The van der Waals surface area contributed by atoms with Crippen LogP contribution in [0.4, 0.5) is 0 Å². The van der Waals surface area contributed by atoms with Crippen molar-refractivity contribution in [2.75, 3.05) is 6.54 Å². The molecule has 0 saturated heterocycles. The molecular weight excluding hydrogens is 292 g/mol. The number of pyridine rings is 1. The average Bonchev–Trinajstić information content (AvgIpc) is 2.41. The van der Waals surface area contributed by atoms with Gasteiger partial charge in [-0.2, -0.15) is 0 Å². The van der Waals surface area contributed by atoms with Gasteiger partial charge in [0.2, 0.25) is 0 Å². The third-order valence-corrected chi connectivity index (χ3v) is 3.56. The predicted octanol–water partition coefficient (Wildman–Crippen LogP) is 3.05. The molecule has 1 unspecified atom stereocenters. The highest BCUT2D eigenvalue weighted by atomic mass is 35.5. The van der Waals surface area contributed by atoms with Crippen LogP contribution in [0.25, 0.3) is 0 Å². The molecule has 116 valence electrons. The number of carbonyl (C=O) groups excluding carboxylic acids is 1. The molecule has 21 heavy (non-hydrogen) atoms. The number of hydrogen-bond acceptors (Lipinski definition) is 3. The van der Waals surface area contributed by atoms with Gasteiger partial charge in [0.25, 0.3) is 5.91 Å². The fraction of sp³-hybridized carbons (Fsp3) is 0.533. The van der Waals surface area contributed by atoms with Crippen LogP contribution in [0.1, 0.15) is 48.7 Å². The second kappa shape index (κ2) is 8.62. The number of hydrogen-bond donors (Lipinski definition) is 2. The second-order valence-electron chi connectivity index (χ2n) is 5.07. The van der Waals surface area contributed by atoms with Crippen LogP contribution in [0, 0.1) is 12.8 Å². The summed E-state index contributed by atoms with van der Waals surface area (Å²) >= 11 is 5.83. The van der Waals surface area contributed by atoms with E-state index >= 15 is 0 Å². The highest BCUT2D eigenvalue weighted by Gasteiger charge is 2.11. The van der Waals surface area contributed by atoms with Crippen molar-refractivity contribution in [3.8, 4) is 0 Å². The number of aliphatic carboxylic acids is 1. The maximum Gasteiger partial charge on any atom is 0.303 e. The number of amides is 1. The fourth-order valence-corrected chi connectivity index (χ4v) is 2.38. The van der Waals surface area contributed by atoms with E-state index in [-0.39, 0.29) is 12.3 Å². The lowest BCUT2D eigenvalue weighted by molar-refractivity contribution is -0.137. The normalized spacial score (nSPS) is 12.0. The molecule has 1 atom stereocenters. The summed E-state index contributed by atoms with van der Waals surface area (Å²) in [5.41, 5.74) is 1.19. The molecule has 1 rings (SSSR count). The Morgan fingerprint density at radius 2 is 2.10 bits per heavy atom. The largest absolute Gasteiger partial charge is 0.481 e. The summed E-state index contributed by atoms with van der Waals surface area (Å²) in [6.45, 7) is 4.33. The van der Waals surface area contributed by atoms with Crippen molar-refractivity contribution in [3.05, 3.63) is 28.5 Å². The number of carboxylic acids is 1. The van der Waals surface area contributed by atoms with E-state index in [4.69, 9.17) is 16.7 Å². The van der Waals surface area contributed by atoms with Gasteiger partial charge in [0, 0.05) is 24.2 Å². The molecule has 5 nitrogen and oxygen atoms in total. The van der Waals surface area contributed by atoms with Crippen LogP contribution in [-0.4, -0.2) is 28.5 Å². The van der Waals surface area contributed by atoms with Crippen LogP contribution in [0.15, 0.2) is 12.1 Å². The molecule has 0 aliphatic heterocycles. The maximum atomic E-state index is 12.0. The van der Waals surface area contributed by atoms with Gasteiger partial charge in [0.15, 0.2) is 0 Å². The van der Waals surface area contributed by atoms with Crippen molar-refractivity contribution in [2.45, 2.75) is 39.5 Å². The van der Waals surface area contributed by atoms with Gasteiger partial charge in [-0.3, -0.25) is 9.59 Å². The zero-order chi connectivity index (χ0) is 15.8. The van der Waals surface area contributed by atoms with Crippen LogP contribution in [0.2, 0.25) is 5.15 Å². The summed E-state index contributed by atoms with van der Waals surface area (Å²) in [7, 11) is 0. The average molecular weight is 313 g/mol. The first-order valence-electron chi connectivity index (χ1n) is 7.06. The van der Waals surface area contributed by atoms with Gasteiger partial charge in [-0.05, 0) is 37.8 Å². The van der Waals surface area contributed by atoms with E-state index in [1.807, 2.05) is 6.92 Å². The van der Waals surface area contributed by atoms with Crippen molar-refractivity contribution in [2.24, 2.45) is 5.92 Å². The van der Waals surface area contributed by atoms with Crippen molar-refractivity contribution >= 4 is 23.5 Å². The molecule has 0 spiro atoms. The first-order chi connectivity index (χ1) is 9.92. The molecule has 0 radical (unpaired) electrons. The van der Waals surface area contributed by atoms with Crippen LogP contribution in [0.3, 0.4) is 0 Å². The van der Waals surface area contributed by atoms with Crippen LogP contribution in [-0.2, 0) is 4.79 Å². The van der Waals surface area contributed by atoms with Gasteiger partial charge < -0.3 is 10.4 Å². The van der Waals surface area contributed by atoms with Crippen molar-refractivity contribution < 1.29 is 14.7 Å². The topological polar surface area (TPSA) is 79.3 Å². The Labute approximate surface area is 129 Å². The first-order valence-corrected chi connectivity index (χ1v) is 7.44. The number of carboxylic acid groups (broad SMARTS) is 1. The minimum atomic E-state index is -0.778. The van der Waals surface area contributed by atoms with Gasteiger partial charge in [-0.15, -0.1) is 0 Å². The van der Waals surface area contributed by atoms with Gasteiger partial charge in [0.1, 0.15) is 5.15 Å². The van der Waals surface area contributed by atoms with Gasteiger partial charge in [-0.1, -0.05) is 24.9 Å². The van der Waals surface area contributed by atoms with E-state index in [1.165, 1.54) is 6.07 Å². The lowest BCUT2D eigenvalue weighted by atomic mass is 9.96. The Hall–Kier alpha value is -1.62. The van der Waals surface area contributed by atoms with Crippen LogP contribution >= 0.6 is 11.6 Å². The monoisotopic (exact) mass is 312 g/mol. The molecule has 1 amide bonds. The van der Waals surface area contributed by atoms with E-state index in [1.54, 1.807) is 13.0 Å². The standard InChI is InChI=1S/C15H21ClN2O3/c1-3-11(4-5-14(19)20)6-7-17-15(21)12-8-10(2)18-13(16)9-12/h8-9,11H,3-7H2,1-2H3,(H,17,21)(H,19,20). The molecule has 6 heteroatoms. The molecular formula is C15H21ClN2O3. The zero-order valence-electron chi connectivity index (χ0n) is 12.4. The highest BCUT2D eigenvalue weighted by molar-refractivity contribution is 6.29. The second-order valence-corrected chi connectivity index (χ2v) is 5.46. The summed E-state index contributed by atoms with van der Waals surface area (Å²) in [6, 6.07) is 3.22. The quantitative estimate of drug-likeness (QED) is 0.723. The summed E-state index contributed by atoms with van der Waals surface area (Å²) < 4.78 is 0. The van der Waals surface area contributed by atoms with Gasteiger partial charge in [0.05, 0.1) is 0 Å². The van der Waals surface area contributed by atoms with Gasteiger partial charge >= 0.3 is 5.97 Å². The first kappa shape index (κ1) is 17.4. The molecule has 1 aromatic rings. The van der Waals surface area contributed by atoms with Crippen molar-refractivity contribution in [3.63, 3.8) is 0 Å². The number of rotatable bonds is 8. The van der Waals surface area contributed by atoms with E-state index in [0.29, 0.717) is 35.3 Å². The van der Waals surface area contributed by atoms with Gasteiger partial charge in [-0.25, -0.2) is 4.98 Å². The third-order valence-electron chi connectivity index (χ3n) is 3.37. The zero-order valence-corrected chi connectivity index (χ0v) is 13.1. The lowest BCUT2D eigenvalue weighted by Crippen LogP contribution is -2.26. The highest BCUT2D eigenvalue weighted by Crippen LogP contribution is 2.15. The number of aryl methyl sites for hydroxylation is 1. The summed E-state index contributed by atoms with van der Waals surface area (Å²) in [5, 5.41) is 11.8. The number of nitrogens with one attached hydrogen (secondary N) is 1. The summed E-state index contributed by atoms with van der Waals surface area (Å²) in [5.74, 6) is -0.654. The Bertz CT molecular complexity index is 485. The third kappa shape index (κ3) is 6.58. The number of nitrogens with zero attached hydrogens (tertiary/aromatic N) is 1. The number of halogens is 1. The molecule has 1 heterocycles. The molecule has 0 aliphatic rings. The predicted molar refractivity (Wildman–Crippen MR) is 81.6 cm³/mol. The minimum absolute atomic E-state index is 0.172. The van der Waals surface area contributed by atoms with Crippen molar-refractivity contribution in [1.82, 2.24) is 10.3 Å². The minimum Gasteiger partial charge on any atom is -0.481 e. The van der Waals surface area contributed by atoms with Crippen molar-refractivity contribution in [1.29, 1.82) is 0 Å². The number of aromatic nitrogens is 1.